The minimum atomic E-state index is -4.32. The van der Waals surface area contributed by atoms with Crippen molar-refractivity contribution in [3.8, 4) is 0 Å². The number of likely N-dealkylation sites (N-methyl/N-ethyl adjacent to an activating group) is 1. The van der Waals surface area contributed by atoms with Gasteiger partial charge in [0, 0.05) is 16.1 Å². The third kappa shape index (κ3) is 5.99. The number of alkyl halides is 3. The van der Waals surface area contributed by atoms with Crippen molar-refractivity contribution in [2.45, 2.75) is 18.6 Å². The summed E-state index contributed by atoms with van der Waals surface area (Å²) in [5, 5.41) is 3.86. The zero-order chi connectivity index (χ0) is 14.5. The van der Waals surface area contributed by atoms with Crippen LogP contribution < -0.4 is 5.32 Å². The van der Waals surface area contributed by atoms with Gasteiger partial charge in [0.1, 0.15) is 6.61 Å². The van der Waals surface area contributed by atoms with E-state index >= 15 is 0 Å². The lowest BCUT2D eigenvalue weighted by atomic mass is 10.1. The Kier molecular flexibility index (Phi) is 6.39. The summed E-state index contributed by atoms with van der Waals surface area (Å²) in [6, 6.07) is 4.79. The molecule has 0 aliphatic heterocycles. The van der Waals surface area contributed by atoms with Gasteiger partial charge in [-0.1, -0.05) is 29.3 Å². The maximum atomic E-state index is 12.0. The van der Waals surface area contributed by atoms with Gasteiger partial charge in [0.2, 0.25) is 0 Å². The van der Waals surface area contributed by atoms with Gasteiger partial charge in [0.15, 0.2) is 0 Å². The molecule has 1 atom stereocenters. The van der Waals surface area contributed by atoms with Crippen molar-refractivity contribution >= 4 is 23.2 Å². The highest BCUT2D eigenvalue weighted by molar-refractivity contribution is 6.35. The van der Waals surface area contributed by atoms with Crippen LogP contribution in [-0.2, 0) is 11.2 Å². The van der Waals surface area contributed by atoms with Crippen LogP contribution >= 0.6 is 23.2 Å². The van der Waals surface area contributed by atoms with Crippen LogP contribution in [0.2, 0.25) is 10.0 Å². The molecule has 19 heavy (non-hydrogen) atoms. The molecule has 0 saturated heterocycles. The van der Waals surface area contributed by atoms with Crippen molar-refractivity contribution in [3.63, 3.8) is 0 Å². The van der Waals surface area contributed by atoms with Gasteiger partial charge in [-0.15, -0.1) is 0 Å². The van der Waals surface area contributed by atoms with E-state index in [1.54, 1.807) is 25.2 Å². The predicted octanol–water partition coefficient (Wildman–Crippen LogP) is 3.70. The molecule has 1 rings (SSSR count). The number of rotatable bonds is 6. The molecule has 2 nitrogen and oxygen atoms in total. The van der Waals surface area contributed by atoms with Gasteiger partial charge in [-0.3, -0.25) is 0 Å². The molecule has 7 heteroatoms. The topological polar surface area (TPSA) is 21.3 Å². The van der Waals surface area contributed by atoms with E-state index in [0.29, 0.717) is 22.0 Å². The second-order valence-electron chi connectivity index (χ2n) is 4.02. The highest BCUT2D eigenvalue weighted by atomic mass is 35.5. The molecule has 1 unspecified atom stereocenters. The zero-order valence-corrected chi connectivity index (χ0v) is 11.7. The lowest BCUT2D eigenvalue weighted by Crippen LogP contribution is -2.34. The highest BCUT2D eigenvalue weighted by Crippen LogP contribution is 2.25. The average molecular weight is 316 g/mol. The van der Waals surface area contributed by atoms with Crippen LogP contribution in [0.5, 0.6) is 0 Å². The average Bonchev–Trinajstić information content (AvgIpc) is 2.30. The summed E-state index contributed by atoms with van der Waals surface area (Å²) in [5.74, 6) is 0. The van der Waals surface area contributed by atoms with Crippen molar-refractivity contribution < 1.29 is 17.9 Å². The first-order valence-electron chi connectivity index (χ1n) is 5.58. The summed E-state index contributed by atoms with van der Waals surface area (Å²) in [6.45, 7) is -1.33. The third-order valence-corrected chi connectivity index (χ3v) is 3.21. The Hall–Kier alpha value is -0.490. The van der Waals surface area contributed by atoms with Crippen LogP contribution in [0.15, 0.2) is 18.2 Å². The largest absolute Gasteiger partial charge is 0.411 e. The van der Waals surface area contributed by atoms with Gasteiger partial charge in [-0.2, -0.15) is 13.2 Å². The number of hydrogen-bond donors (Lipinski definition) is 1. The van der Waals surface area contributed by atoms with Crippen molar-refractivity contribution in [2.75, 3.05) is 20.3 Å². The van der Waals surface area contributed by atoms with E-state index in [1.807, 2.05) is 0 Å². The fraction of sp³-hybridized carbons (Fsp3) is 0.500. The number of ether oxygens (including phenoxy) is 1. The van der Waals surface area contributed by atoms with Crippen LogP contribution in [-0.4, -0.2) is 32.5 Å². The van der Waals surface area contributed by atoms with Crippen molar-refractivity contribution in [1.29, 1.82) is 0 Å². The monoisotopic (exact) mass is 315 g/mol. The van der Waals surface area contributed by atoms with E-state index < -0.39 is 12.8 Å². The maximum absolute atomic E-state index is 12.0. The molecular formula is C12H14Cl2F3NO. The zero-order valence-electron chi connectivity index (χ0n) is 10.2. The van der Waals surface area contributed by atoms with Crippen molar-refractivity contribution in [3.05, 3.63) is 33.8 Å². The van der Waals surface area contributed by atoms with Crippen LogP contribution in [0.4, 0.5) is 13.2 Å². The van der Waals surface area contributed by atoms with Crippen LogP contribution in [0.3, 0.4) is 0 Å². The van der Waals surface area contributed by atoms with E-state index in [4.69, 9.17) is 23.2 Å². The molecule has 0 bridgehead atoms. The molecule has 0 amide bonds. The Morgan fingerprint density at radius 1 is 1.26 bits per heavy atom. The fourth-order valence-electron chi connectivity index (χ4n) is 1.53. The Balaban J connectivity index is 2.57. The number of halogens is 5. The molecule has 0 aliphatic carbocycles. The van der Waals surface area contributed by atoms with Crippen molar-refractivity contribution in [1.82, 2.24) is 5.32 Å². The minimum absolute atomic E-state index is 0.0719. The van der Waals surface area contributed by atoms with E-state index in [1.165, 1.54) is 0 Å². The molecule has 0 aromatic heterocycles. The second kappa shape index (κ2) is 7.33. The Labute approximate surface area is 119 Å². The molecule has 108 valence electrons. The first-order valence-corrected chi connectivity index (χ1v) is 6.33. The van der Waals surface area contributed by atoms with E-state index in [-0.39, 0.29) is 12.6 Å². The molecule has 0 heterocycles. The van der Waals surface area contributed by atoms with E-state index in [9.17, 15) is 13.2 Å². The molecular weight excluding hydrogens is 302 g/mol. The van der Waals surface area contributed by atoms with E-state index in [2.05, 4.69) is 10.1 Å². The van der Waals surface area contributed by atoms with Gasteiger partial charge in [-0.25, -0.2) is 0 Å². The quantitative estimate of drug-likeness (QED) is 0.864. The molecule has 0 saturated carbocycles. The Morgan fingerprint density at radius 2 is 1.84 bits per heavy atom. The lowest BCUT2D eigenvalue weighted by molar-refractivity contribution is -0.175. The first-order chi connectivity index (χ1) is 8.83. The van der Waals surface area contributed by atoms with E-state index in [0.717, 1.165) is 0 Å². The molecule has 1 aromatic carbocycles. The van der Waals surface area contributed by atoms with Crippen LogP contribution in [0.1, 0.15) is 5.56 Å². The van der Waals surface area contributed by atoms with Crippen LogP contribution in [0.25, 0.3) is 0 Å². The molecule has 0 spiro atoms. The lowest BCUT2D eigenvalue weighted by Gasteiger charge is -2.18. The van der Waals surface area contributed by atoms with Gasteiger partial charge >= 0.3 is 6.18 Å². The highest BCUT2D eigenvalue weighted by Gasteiger charge is 2.28. The first kappa shape index (κ1) is 16.6. The van der Waals surface area contributed by atoms with Gasteiger partial charge in [0.25, 0.3) is 0 Å². The summed E-state index contributed by atoms with van der Waals surface area (Å²) >= 11 is 12.0. The smallest absolute Gasteiger partial charge is 0.370 e. The standard InChI is InChI=1S/C12H14Cl2F3NO/c1-18-8(6-19-7-12(15,16)17)5-9-10(13)3-2-4-11(9)14/h2-4,8,18H,5-7H2,1H3. The summed E-state index contributed by atoms with van der Waals surface area (Å²) < 4.78 is 40.6. The Morgan fingerprint density at radius 3 is 2.32 bits per heavy atom. The van der Waals surface area contributed by atoms with Gasteiger partial charge in [-0.05, 0) is 31.2 Å². The normalized spacial score (nSPS) is 13.6. The molecule has 1 N–H and O–H groups in total. The minimum Gasteiger partial charge on any atom is -0.370 e. The van der Waals surface area contributed by atoms with Crippen LogP contribution in [0, 0.1) is 0 Å². The number of nitrogens with one attached hydrogen (secondary N) is 1. The second-order valence-corrected chi connectivity index (χ2v) is 4.83. The summed E-state index contributed by atoms with van der Waals surface area (Å²) in [5.41, 5.74) is 0.695. The molecule has 0 fully saturated rings. The van der Waals surface area contributed by atoms with Gasteiger partial charge in [0.05, 0.1) is 6.61 Å². The summed E-state index contributed by atoms with van der Waals surface area (Å²) in [6.07, 6.45) is -3.92. The molecule has 0 aliphatic rings. The van der Waals surface area contributed by atoms with Crippen molar-refractivity contribution in [2.24, 2.45) is 0 Å². The SMILES string of the molecule is CNC(COCC(F)(F)F)Cc1c(Cl)cccc1Cl. The number of benzene rings is 1. The third-order valence-electron chi connectivity index (χ3n) is 2.51. The number of hydrogen-bond acceptors (Lipinski definition) is 2. The fourth-order valence-corrected chi connectivity index (χ4v) is 2.09. The predicted molar refractivity (Wildman–Crippen MR) is 69.9 cm³/mol. The van der Waals surface area contributed by atoms with Gasteiger partial charge < -0.3 is 10.1 Å². The Bertz CT molecular complexity index is 392. The molecule has 1 aromatic rings. The maximum Gasteiger partial charge on any atom is 0.411 e. The summed E-state index contributed by atoms with van der Waals surface area (Å²) in [7, 11) is 1.65. The molecule has 0 radical (unpaired) electrons. The summed E-state index contributed by atoms with van der Waals surface area (Å²) in [4.78, 5) is 0.